The average molecular weight is 272 g/mol. The molecule has 4 heteroatoms. The fourth-order valence-electron chi connectivity index (χ4n) is 2.01. The maximum absolute atomic E-state index is 10.4. The highest BCUT2D eigenvalue weighted by Gasteiger charge is 2.31. The van der Waals surface area contributed by atoms with Gasteiger partial charge in [0.25, 0.3) is 5.24 Å². The SMILES string of the molecule is O=C(Cl)c1c2noc1C2.c1ccc2ccccc2c1. The van der Waals surface area contributed by atoms with Crippen molar-refractivity contribution in [1.29, 1.82) is 0 Å². The second-order valence-corrected chi connectivity index (χ2v) is 4.57. The Morgan fingerprint density at radius 1 is 1.05 bits per heavy atom. The highest BCUT2D eigenvalue weighted by atomic mass is 35.5. The standard InChI is InChI=1S/C10H8.C5H2ClNO2/c1-2-6-10-8-4-3-7-9(10)5-1;6-5(8)4-2-1-3(4)9-7-2/h1-8H;1H2. The molecule has 0 fully saturated rings. The van der Waals surface area contributed by atoms with Crippen LogP contribution in [0.15, 0.2) is 53.1 Å². The smallest absolute Gasteiger partial charge is 0.257 e. The molecule has 0 amide bonds. The van der Waals surface area contributed by atoms with E-state index in [0.29, 0.717) is 23.4 Å². The number of aromatic nitrogens is 1. The molecule has 0 radical (unpaired) electrons. The summed E-state index contributed by atoms with van der Waals surface area (Å²) in [6, 6.07) is 16.7. The first-order valence-electron chi connectivity index (χ1n) is 5.87. The van der Waals surface area contributed by atoms with Crippen LogP contribution in [0.1, 0.15) is 21.8 Å². The number of benzene rings is 2. The van der Waals surface area contributed by atoms with Gasteiger partial charge in [-0.15, -0.1) is 0 Å². The molecule has 1 aliphatic heterocycles. The fraction of sp³-hybridized carbons (Fsp3) is 0.0667. The summed E-state index contributed by atoms with van der Waals surface area (Å²) in [6.45, 7) is 0. The molecule has 0 N–H and O–H groups in total. The summed E-state index contributed by atoms with van der Waals surface area (Å²) in [4.78, 5) is 10.4. The quantitative estimate of drug-likeness (QED) is 0.495. The molecular weight excluding hydrogens is 262 g/mol. The molecule has 3 nitrogen and oxygen atoms in total. The number of hydrogen-bond acceptors (Lipinski definition) is 3. The molecule has 94 valence electrons. The van der Waals surface area contributed by atoms with Gasteiger partial charge in [-0.05, 0) is 22.4 Å². The largest absolute Gasteiger partial charge is 0.360 e. The van der Waals surface area contributed by atoms with E-state index >= 15 is 0 Å². The van der Waals surface area contributed by atoms with Gasteiger partial charge in [0.1, 0.15) is 11.3 Å². The molecule has 1 aliphatic carbocycles. The van der Waals surface area contributed by atoms with E-state index in [-0.39, 0.29) is 0 Å². The predicted molar refractivity (Wildman–Crippen MR) is 73.4 cm³/mol. The van der Waals surface area contributed by atoms with Crippen molar-refractivity contribution in [2.24, 2.45) is 0 Å². The summed E-state index contributed by atoms with van der Waals surface area (Å²) in [7, 11) is 0. The molecule has 2 heterocycles. The Kier molecular flexibility index (Phi) is 3.05. The molecule has 0 spiro atoms. The van der Waals surface area contributed by atoms with Crippen LogP contribution in [-0.4, -0.2) is 10.4 Å². The van der Waals surface area contributed by atoms with Crippen molar-refractivity contribution >= 4 is 27.6 Å². The number of fused-ring (bicyclic) bond motifs is 2. The van der Waals surface area contributed by atoms with E-state index in [4.69, 9.17) is 11.6 Å². The summed E-state index contributed by atoms with van der Waals surface area (Å²) in [5.41, 5.74) is 1.15. The van der Waals surface area contributed by atoms with E-state index in [1.807, 2.05) is 0 Å². The average Bonchev–Trinajstić information content (AvgIpc) is 3.02. The number of carbonyl (C=O) groups is 1. The van der Waals surface area contributed by atoms with Gasteiger partial charge in [0.2, 0.25) is 0 Å². The van der Waals surface area contributed by atoms with Gasteiger partial charge < -0.3 is 4.52 Å². The van der Waals surface area contributed by atoms with Crippen molar-refractivity contribution in [3.05, 3.63) is 65.5 Å². The van der Waals surface area contributed by atoms with Gasteiger partial charge in [0.05, 0.1) is 6.42 Å². The molecule has 2 bridgehead atoms. The molecule has 2 aromatic carbocycles. The normalized spacial score (nSPS) is 11.4. The van der Waals surface area contributed by atoms with Crippen molar-refractivity contribution in [3.8, 4) is 0 Å². The van der Waals surface area contributed by atoms with Gasteiger partial charge in [0.15, 0.2) is 5.76 Å². The van der Waals surface area contributed by atoms with Crippen LogP contribution in [0, 0.1) is 0 Å². The van der Waals surface area contributed by atoms with E-state index in [1.165, 1.54) is 10.8 Å². The lowest BCUT2D eigenvalue weighted by Gasteiger charge is -2.02. The van der Waals surface area contributed by atoms with Crippen LogP contribution in [0.25, 0.3) is 10.8 Å². The molecule has 19 heavy (non-hydrogen) atoms. The minimum absolute atomic E-state index is 0.465. The Bertz CT molecular complexity index is 664. The summed E-state index contributed by atoms with van der Waals surface area (Å²) in [5.74, 6) is 0.616. The molecule has 3 aromatic rings. The van der Waals surface area contributed by atoms with E-state index in [2.05, 4.69) is 58.2 Å². The van der Waals surface area contributed by atoms with Crippen LogP contribution in [0.3, 0.4) is 0 Å². The van der Waals surface area contributed by atoms with Gasteiger partial charge in [-0.2, -0.15) is 0 Å². The van der Waals surface area contributed by atoms with Gasteiger partial charge in [-0.25, -0.2) is 0 Å². The number of halogens is 1. The monoisotopic (exact) mass is 271 g/mol. The van der Waals surface area contributed by atoms with Crippen LogP contribution in [0.5, 0.6) is 0 Å². The van der Waals surface area contributed by atoms with Gasteiger partial charge >= 0.3 is 0 Å². The molecular formula is C15H10ClNO2. The van der Waals surface area contributed by atoms with E-state index in [9.17, 15) is 4.79 Å². The zero-order valence-electron chi connectivity index (χ0n) is 9.97. The molecule has 1 aromatic heterocycles. The van der Waals surface area contributed by atoms with Crippen molar-refractivity contribution in [2.45, 2.75) is 6.42 Å². The lowest BCUT2D eigenvalue weighted by molar-refractivity contribution is 0.107. The van der Waals surface area contributed by atoms with Crippen LogP contribution >= 0.6 is 11.6 Å². The summed E-state index contributed by atoms with van der Waals surface area (Å²) in [6.07, 6.45) is 0.674. The van der Waals surface area contributed by atoms with Crippen LogP contribution < -0.4 is 0 Å². The number of carbonyl (C=O) groups excluding carboxylic acids is 1. The topological polar surface area (TPSA) is 43.1 Å². The minimum Gasteiger partial charge on any atom is -0.360 e. The molecule has 0 saturated heterocycles. The molecule has 0 unspecified atom stereocenters. The highest BCUT2D eigenvalue weighted by molar-refractivity contribution is 6.68. The predicted octanol–water partition coefficient (Wildman–Crippen LogP) is 3.80. The van der Waals surface area contributed by atoms with E-state index in [1.54, 1.807) is 0 Å². The number of rotatable bonds is 1. The van der Waals surface area contributed by atoms with Crippen molar-refractivity contribution in [1.82, 2.24) is 5.16 Å². The molecule has 5 rings (SSSR count). The molecule has 2 aliphatic rings. The Labute approximate surface area is 114 Å². The lowest BCUT2D eigenvalue weighted by atomic mass is 10.00. The second kappa shape index (κ2) is 4.86. The van der Waals surface area contributed by atoms with Crippen molar-refractivity contribution in [2.75, 3.05) is 0 Å². The van der Waals surface area contributed by atoms with Gasteiger partial charge in [0, 0.05) is 0 Å². The lowest BCUT2D eigenvalue weighted by Crippen LogP contribution is -2.07. The molecule has 0 saturated carbocycles. The Balaban J connectivity index is 0.000000117. The summed E-state index contributed by atoms with van der Waals surface area (Å²) >= 11 is 5.15. The van der Waals surface area contributed by atoms with Gasteiger partial charge in [-0.3, -0.25) is 4.79 Å². The first-order chi connectivity index (χ1) is 9.25. The Morgan fingerprint density at radius 3 is 1.84 bits per heavy atom. The first-order valence-corrected chi connectivity index (χ1v) is 6.24. The van der Waals surface area contributed by atoms with E-state index in [0.717, 1.165) is 0 Å². The maximum atomic E-state index is 10.4. The second-order valence-electron chi connectivity index (χ2n) is 4.23. The van der Waals surface area contributed by atoms with Crippen LogP contribution in [0.2, 0.25) is 0 Å². The maximum Gasteiger partial charge on any atom is 0.257 e. The zero-order chi connectivity index (χ0) is 13.2. The Morgan fingerprint density at radius 2 is 1.58 bits per heavy atom. The Hall–Kier alpha value is -2.13. The third-order valence-electron chi connectivity index (χ3n) is 3.02. The summed E-state index contributed by atoms with van der Waals surface area (Å²) < 4.78 is 4.66. The number of nitrogens with zero attached hydrogens (tertiary/aromatic N) is 1. The third-order valence-corrected chi connectivity index (χ3v) is 3.21. The fourth-order valence-corrected chi connectivity index (χ4v) is 2.22. The summed E-state index contributed by atoms with van der Waals surface area (Å²) in [5, 5.41) is 5.71. The van der Waals surface area contributed by atoms with Gasteiger partial charge in [-0.1, -0.05) is 53.7 Å². The first kappa shape index (κ1) is 11.9. The van der Waals surface area contributed by atoms with E-state index < -0.39 is 5.24 Å². The molecule has 0 atom stereocenters. The third kappa shape index (κ3) is 2.25. The highest BCUT2D eigenvalue weighted by Crippen LogP contribution is 2.29. The zero-order valence-corrected chi connectivity index (χ0v) is 10.7. The van der Waals surface area contributed by atoms with Crippen molar-refractivity contribution in [3.63, 3.8) is 0 Å². The van der Waals surface area contributed by atoms with Crippen LogP contribution in [-0.2, 0) is 6.42 Å². The number of hydrogen-bond donors (Lipinski definition) is 0. The minimum atomic E-state index is -0.465. The van der Waals surface area contributed by atoms with Crippen LogP contribution in [0.4, 0.5) is 0 Å². The van der Waals surface area contributed by atoms with Crippen molar-refractivity contribution < 1.29 is 9.32 Å².